The van der Waals surface area contributed by atoms with Crippen LogP contribution in [-0.4, -0.2) is 47.1 Å². The fourth-order valence-corrected chi connectivity index (χ4v) is 1.61. The Morgan fingerprint density at radius 3 is 2.47 bits per heavy atom. The average molecular weight is 236 g/mol. The zero-order valence-electron chi connectivity index (χ0n) is 9.06. The summed E-state index contributed by atoms with van der Waals surface area (Å²) in [5.41, 5.74) is 0. The molecule has 0 aromatic carbocycles. The van der Waals surface area contributed by atoms with Crippen molar-refractivity contribution in [2.24, 2.45) is 0 Å². The lowest BCUT2D eigenvalue weighted by Gasteiger charge is -2.15. The molecule has 2 unspecified atom stereocenters. The summed E-state index contributed by atoms with van der Waals surface area (Å²) < 4.78 is 34.8. The first-order chi connectivity index (χ1) is 6.97. The van der Waals surface area contributed by atoms with Crippen molar-refractivity contribution in [2.75, 3.05) is 27.4 Å². The lowest BCUT2D eigenvalue weighted by Crippen LogP contribution is -2.39. The van der Waals surface area contributed by atoms with E-state index in [0.29, 0.717) is 6.61 Å². The van der Waals surface area contributed by atoms with Crippen LogP contribution in [0.3, 0.4) is 0 Å². The molecule has 0 saturated carbocycles. The Hall–Kier alpha value is -0.680. The van der Waals surface area contributed by atoms with Crippen molar-refractivity contribution < 1.29 is 17.9 Å². The number of nitriles is 1. The molecule has 6 nitrogen and oxygen atoms in total. The Bertz CT molecular complexity index is 309. The van der Waals surface area contributed by atoms with Gasteiger partial charge in [0.1, 0.15) is 0 Å². The van der Waals surface area contributed by atoms with Crippen LogP contribution in [0.2, 0.25) is 0 Å². The molecule has 0 aromatic heterocycles. The lowest BCUT2D eigenvalue weighted by atomic mass is 10.4. The Labute approximate surface area is 90.2 Å². The Balaban J connectivity index is 4.20. The van der Waals surface area contributed by atoms with Crippen molar-refractivity contribution >= 4 is 10.0 Å². The summed E-state index contributed by atoms with van der Waals surface area (Å²) in [5.74, 6) is 0. The van der Waals surface area contributed by atoms with Gasteiger partial charge in [-0.1, -0.05) is 0 Å². The minimum atomic E-state index is -3.58. The molecule has 0 aliphatic heterocycles. The first-order valence-electron chi connectivity index (χ1n) is 4.37. The average Bonchev–Trinajstić information content (AvgIpc) is 2.22. The highest BCUT2D eigenvalue weighted by molar-refractivity contribution is 7.90. The van der Waals surface area contributed by atoms with Crippen molar-refractivity contribution in [2.45, 2.75) is 18.3 Å². The largest absolute Gasteiger partial charge is 0.382 e. The van der Waals surface area contributed by atoms with Gasteiger partial charge in [0.05, 0.1) is 18.8 Å². The number of hydrogen-bond donors (Lipinski definition) is 1. The highest BCUT2D eigenvalue weighted by Gasteiger charge is 2.21. The Kier molecular flexibility index (Phi) is 6.43. The molecular weight excluding hydrogens is 220 g/mol. The number of ether oxygens (including phenoxy) is 2. The molecule has 15 heavy (non-hydrogen) atoms. The van der Waals surface area contributed by atoms with Crippen LogP contribution in [0.25, 0.3) is 0 Å². The fraction of sp³-hybridized carbons (Fsp3) is 0.875. The van der Waals surface area contributed by atoms with Gasteiger partial charge in [-0.3, -0.25) is 0 Å². The van der Waals surface area contributed by atoms with Gasteiger partial charge in [0, 0.05) is 20.8 Å². The van der Waals surface area contributed by atoms with Gasteiger partial charge < -0.3 is 9.47 Å². The van der Waals surface area contributed by atoms with Crippen molar-refractivity contribution in [3.05, 3.63) is 0 Å². The van der Waals surface area contributed by atoms with Crippen LogP contribution in [-0.2, 0) is 19.5 Å². The van der Waals surface area contributed by atoms with Gasteiger partial charge in [0.15, 0.2) is 5.25 Å². The van der Waals surface area contributed by atoms with E-state index >= 15 is 0 Å². The third-order valence-electron chi connectivity index (χ3n) is 1.85. The van der Waals surface area contributed by atoms with Gasteiger partial charge in [-0.2, -0.15) is 5.26 Å². The molecule has 7 heteroatoms. The molecule has 1 N–H and O–H groups in total. The smallest absolute Gasteiger partial charge is 0.227 e. The first-order valence-corrected chi connectivity index (χ1v) is 5.92. The molecule has 0 heterocycles. The van der Waals surface area contributed by atoms with Gasteiger partial charge in [-0.05, 0) is 6.92 Å². The van der Waals surface area contributed by atoms with E-state index in [1.165, 1.54) is 21.1 Å². The molecule has 0 fully saturated rings. The molecule has 0 aliphatic carbocycles. The molecular formula is C8H16N2O4S. The minimum Gasteiger partial charge on any atom is -0.382 e. The van der Waals surface area contributed by atoms with Crippen LogP contribution >= 0.6 is 0 Å². The predicted octanol–water partition coefficient (Wildman–Crippen LogP) is -0.521. The van der Waals surface area contributed by atoms with E-state index in [0.717, 1.165) is 0 Å². The van der Waals surface area contributed by atoms with Crippen LogP contribution in [0.15, 0.2) is 0 Å². The summed E-state index contributed by atoms with van der Waals surface area (Å²) in [7, 11) is -0.618. The maximum atomic E-state index is 11.4. The molecule has 2 atom stereocenters. The Morgan fingerprint density at radius 2 is 2.07 bits per heavy atom. The highest BCUT2D eigenvalue weighted by atomic mass is 32.2. The maximum absolute atomic E-state index is 11.4. The maximum Gasteiger partial charge on any atom is 0.227 e. The van der Waals surface area contributed by atoms with Crippen LogP contribution in [0.1, 0.15) is 6.92 Å². The van der Waals surface area contributed by atoms with Gasteiger partial charge in [-0.15, -0.1) is 0 Å². The quantitative estimate of drug-likeness (QED) is 0.642. The van der Waals surface area contributed by atoms with Gasteiger partial charge in [-0.25, -0.2) is 13.1 Å². The van der Waals surface area contributed by atoms with Gasteiger partial charge in [0.25, 0.3) is 0 Å². The molecule has 0 bridgehead atoms. The fourth-order valence-electron chi connectivity index (χ4n) is 0.800. The van der Waals surface area contributed by atoms with E-state index in [1.807, 2.05) is 0 Å². The minimum absolute atomic E-state index is 0.0959. The molecule has 88 valence electrons. The van der Waals surface area contributed by atoms with Gasteiger partial charge >= 0.3 is 0 Å². The number of sulfonamides is 1. The third kappa shape index (κ3) is 5.09. The second kappa shape index (κ2) is 6.74. The predicted molar refractivity (Wildman–Crippen MR) is 54.7 cm³/mol. The van der Waals surface area contributed by atoms with Crippen LogP contribution in [0.5, 0.6) is 0 Å². The topological polar surface area (TPSA) is 88.4 Å². The second-order valence-corrected chi connectivity index (χ2v) is 5.06. The van der Waals surface area contributed by atoms with Crippen LogP contribution < -0.4 is 4.72 Å². The summed E-state index contributed by atoms with van der Waals surface area (Å²) in [6.07, 6.45) is -0.351. The van der Waals surface area contributed by atoms with Crippen LogP contribution in [0.4, 0.5) is 0 Å². The monoisotopic (exact) mass is 236 g/mol. The Morgan fingerprint density at radius 1 is 1.47 bits per heavy atom. The summed E-state index contributed by atoms with van der Waals surface area (Å²) in [6.45, 7) is 1.71. The van der Waals surface area contributed by atoms with E-state index in [4.69, 9.17) is 14.7 Å². The normalized spacial score (nSPS) is 15.6. The molecule has 0 saturated heterocycles. The van der Waals surface area contributed by atoms with Crippen molar-refractivity contribution in [1.29, 1.82) is 5.26 Å². The molecule has 0 spiro atoms. The second-order valence-electron chi connectivity index (χ2n) is 2.98. The van der Waals surface area contributed by atoms with E-state index < -0.39 is 15.3 Å². The standard InChI is InChI=1S/C8H16N2O4S/c1-7(4-9)15(11,12)10-5-8(14-3)6-13-2/h7-8,10H,5-6H2,1-3H3. The first kappa shape index (κ1) is 14.3. The highest BCUT2D eigenvalue weighted by Crippen LogP contribution is 1.97. The molecule has 0 amide bonds. The number of nitrogens with one attached hydrogen (secondary N) is 1. The number of methoxy groups -OCH3 is 2. The number of hydrogen-bond acceptors (Lipinski definition) is 5. The van der Waals surface area contributed by atoms with Crippen molar-refractivity contribution in [3.8, 4) is 6.07 Å². The van der Waals surface area contributed by atoms with E-state index in [1.54, 1.807) is 6.07 Å². The van der Waals surface area contributed by atoms with Crippen molar-refractivity contribution in [1.82, 2.24) is 4.72 Å². The van der Waals surface area contributed by atoms with Gasteiger partial charge in [0.2, 0.25) is 10.0 Å². The number of rotatable bonds is 7. The lowest BCUT2D eigenvalue weighted by molar-refractivity contribution is 0.0320. The molecule has 0 aromatic rings. The molecule has 0 radical (unpaired) electrons. The number of nitrogens with zero attached hydrogens (tertiary/aromatic N) is 1. The molecule has 0 aliphatic rings. The van der Waals surface area contributed by atoms with E-state index in [-0.39, 0.29) is 12.6 Å². The van der Waals surface area contributed by atoms with E-state index in [9.17, 15) is 8.42 Å². The van der Waals surface area contributed by atoms with E-state index in [2.05, 4.69) is 4.72 Å². The third-order valence-corrected chi connectivity index (χ3v) is 3.45. The summed E-state index contributed by atoms with van der Waals surface area (Å²) in [4.78, 5) is 0. The van der Waals surface area contributed by atoms with Crippen LogP contribution in [0, 0.1) is 11.3 Å². The SMILES string of the molecule is COCC(CNS(=O)(=O)C(C)C#N)OC. The summed E-state index contributed by atoms with van der Waals surface area (Å²) >= 11 is 0. The zero-order valence-corrected chi connectivity index (χ0v) is 9.87. The summed E-state index contributed by atoms with van der Waals surface area (Å²) in [6, 6.07) is 1.66. The zero-order chi connectivity index (χ0) is 11.9. The molecule has 0 rings (SSSR count). The van der Waals surface area contributed by atoms with Crippen molar-refractivity contribution in [3.63, 3.8) is 0 Å². The summed E-state index contributed by atoms with van der Waals surface area (Å²) in [5, 5.41) is 7.40.